The van der Waals surface area contributed by atoms with E-state index in [1.807, 2.05) is 12.1 Å². The molecule has 1 N–H and O–H groups in total. The summed E-state index contributed by atoms with van der Waals surface area (Å²) < 4.78 is 5.42. The SMILES string of the molecule is COc1ccccc1C(C)NCCN1CCC(C)CC1. The van der Waals surface area contributed by atoms with Crippen LogP contribution in [0.15, 0.2) is 24.3 Å². The molecule has 1 aliphatic heterocycles. The number of piperidine rings is 1. The van der Waals surface area contributed by atoms with E-state index in [1.165, 1.54) is 31.5 Å². The lowest BCUT2D eigenvalue weighted by Crippen LogP contribution is -2.38. The summed E-state index contributed by atoms with van der Waals surface area (Å²) in [6.45, 7) is 9.26. The van der Waals surface area contributed by atoms with Crippen molar-refractivity contribution in [3.05, 3.63) is 29.8 Å². The maximum atomic E-state index is 5.42. The lowest BCUT2D eigenvalue weighted by molar-refractivity contribution is 0.191. The van der Waals surface area contributed by atoms with E-state index < -0.39 is 0 Å². The zero-order chi connectivity index (χ0) is 14.4. The summed E-state index contributed by atoms with van der Waals surface area (Å²) in [5.41, 5.74) is 1.24. The van der Waals surface area contributed by atoms with Gasteiger partial charge in [0.25, 0.3) is 0 Å². The molecule has 1 unspecified atom stereocenters. The summed E-state index contributed by atoms with van der Waals surface area (Å²) in [7, 11) is 1.74. The second-order valence-electron chi connectivity index (χ2n) is 5.94. The summed E-state index contributed by atoms with van der Waals surface area (Å²) in [5, 5.41) is 3.61. The predicted molar refractivity (Wildman–Crippen MR) is 84.2 cm³/mol. The number of benzene rings is 1. The predicted octanol–water partition coefficient (Wildman–Crippen LogP) is 3.08. The van der Waals surface area contributed by atoms with E-state index >= 15 is 0 Å². The van der Waals surface area contributed by atoms with Crippen LogP contribution in [0.25, 0.3) is 0 Å². The number of para-hydroxylation sites is 1. The van der Waals surface area contributed by atoms with Crippen molar-refractivity contribution in [2.75, 3.05) is 33.3 Å². The molecule has 1 fully saturated rings. The highest BCUT2D eigenvalue weighted by Crippen LogP contribution is 2.24. The van der Waals surface area contributed by atoms with Crippen molar-refractivity contribution in [1.82, 2.24) is 10.2 Å². The number of rotatable bonds is 6. The molecule has 1 atom stereocenters. The number of likely N-dealkylation sites (tertiary alicyclic amines) is 1. The van der Waals surface area contributed by atoms with Crippen molar-refractivity contribution in [2.45, 2.75) is 32.7 Å². The molecule has 0 saturated carbocycles. The molecule has 0 spiro atoms. The Morgan fingerprint density at radius 2 is 2.00 bits per heavy atom. The van der Waals surface area contributed by atoms with E-state index in [0.717, 1.165) is 24.8 Å². The Morgan fingerprint density at radius 3 is 2.70 bits per heavy atom. The van der Waals surface area contributed by atoms with Crippen LogP contribution < -0.4 is 10.1 Å². The third kappa shape index (κ3) is 4.22. The highest BCUT2D eigenvalue weighted by molar-refractivity contribution is 5.35. The molecule has 2 rings (SSSR count). The molecule has 0 amide bonds. The minimum Gasteiger partial charge on any atom is -0.496 e. The molecule has 1 heterocycles. The van der Waals surface area contributed by atoms with E-state index in [4.69, 9.17) is 4.74 Å². The fourth-order valence-corrected chi connectivity index (χ4v) is 2.86. The van der Waals surface area contributed by atoms with Crippen molar-refractivity contribution >= 4 is 0 Å². The van der Waals surface area contributed by atoms with Crippen LogP contribution >= 0.6 is 0 Å². The Morgan fingerprint density at radius 1 is 1.30 bits per heavy atom. The summed E-state index contributed by atoms with van der Waals surface area (Å²) in [5.74, 6) is 1.88. The van der Waals surface area contributed by atoms with Gasteiger partial charge in [-0.2, -0.15) is 0 Å². The molecule has 1 aromatic carbocycles. The van der Waals surface area contributed by atoms with Crippen LogP contribution in [-0.4, -0.2) is 38.2 Å². The Labute approximate surface area is 123 Å². The zero-order valence-electron chi connectivity index (χ0n) is 13.1. The normalized spacial score (nSPS) is 18.9. The summed E-state index contributed by atoms with van der Waals surface area (Å²) >= 11 is 0. The second kappa shape index (κ2) is 7.65. The van der Waals surface area contributed by atoms with Crippen LogP contribution in [0.1, 0.15) is 38.3 Å². The van der Waals surface area contributed by atoms with Gasteiger partial charge in [0.1, 0.15) is 5.75 Å². The third-order valence-corrected chi connectivity index (χ3v) is 4.36. The minimum atomic E-state index is 0.329. The quantitative estimate of drug-likeness (QED) is 0.864. The molecule has 112 valence electrons. The van der Waals surface area contributed by atoms with Crippen LogP contribution in [0.5, 0.6) is 5.75 Å². The van der Waals surface area contributed by atoms with Gasteiger partial charge in [-0.15, -0.1) is 0 Å². The fourth-order valence-electron chi connectivity index (χ4n) is 2.86. The number of nitrogens with one attached hydrogen (secondary N) is 1. The van der Waals surface area contributed by atoms with Gasteiger partial charge in [0.05, 0.1) is 7.11 Å². The van der Waals surface area contributed by atoms with E-state index in [2.05, 4.69) is 36.2 Å². The molecule has 3 nitrogen and oxygen atoms in total. The van der Waals surface area contributed by atoms with Gasteiger partial charge in [0.2, 0.25) is 0 Å². The second-order valence-corrected chi connectivity index (χ2v) is 5.94. The van der Waals surface area contributed by atoms with Gasteiger partial charge >= 0.3 is 0 Å². The molecule has 3 heteroatoms. The number of nitrogens with zero attached hydrogens (tertiary/aromatic N) is 1. The van der Waals surface area contributed by atoms with Crippen molar-refractivity contribution in [3.8, 4) is 5.75 Å². The lowest BCUT2D eigenvalue weighted by Gasteiger charge is -2.30. The number of ether oxygens (including phenoxy) is 1. The first-order valence-corrected chi connectivity index (χ1v) is 7.79. The molecule has 1 aliphatic rings. The van der Waals surface area contributed by atoms with E-state index in [1.54, 1.807) is 7.11 Å². The van der Waals surface area contributed by atoms with Crippen molar-refractivity contribution < 1.29 is 4.74 Å². The van der Waals surface area contributed by atoms with Crippen LogP contribution in [0, 0.1) is 5.92 Å². The van der Waals surface area contributed by atoms with Crippen LogP contribution in [0.2, 0.25) is 0 Å². The molecule has 1 saturated heterocycles. The molecular formula is C17H28N2O. The summed E-state index contributed by atoms with van der Waals surface area (Å²) in [6.07, 6.45) is 2.70. The van der Waals surface area contributed by atoms with Gasteiger partial charge in [-0.05, 0) is 44.8 Å². The maximum absolute atomic E-state index is 5.42. The van der Waals surface area contributed by atoms with Crippen LogP contribution in [-0.2, 0) is 0 Å². The number of hydrogen-bond donors (Lipinski definition) is 1. The molecule has 0 radical (unpaired) electrons. The van der Waals surface area contributed by atoms with Crippen molar-refractivity contribution in [1.29, 1.82) is 0 Å². The van der Waals surface area contributed by atoms with E-state index in [-0.39, 0.29) is 0 Å². The lowest BCUT2D eigenvalue weighted by atomic mass is 9.99. The topological polar surface area (TPSA) is 24.5 Å². The largest absolute Gasteiger partial charge is 0.496 e. The average Bonchev–Trinajstić information content (AvgIpc) is 2.49. The summed E-state index contributed by atoms with van der Waals surface area (Å²) in [6, 6.07) is 8.58. The molecule has 20 heavy (non-hydrogen) atoms. The molecular weight excluding hydrogens is 248 g/mol. The number of hydrogen-bond acceptors (Lipinski definition) is 3. The molecule has 0 aliphatic carbocycles. The Hall–Kier alpha value is -1.06. The average molecular weight is 276 g/mol. The standard InChI is InChI=1S/C17H28N2O/c1-14-8-11-19(12-9-14)13-10-18-15(2)16-6-4-5-7-17(16)20-3/h4-7,14-15,18H,8-13H2,1-3H3. The van der Waals surface area contributed by atoms with Gasteiger partial charge in [-0.3, -0.25) is 0 Å². The van der Waals surface area contributed by atoms with Gasteiger partial charge in [0.15, 0.2) is 0 Å². The van der Waals surface area contributed by atoms with Crippen LogP contribution in [0.3, 0.4) is 0 Å². The highest BCUT2D eigenvalue weighted by Gasteiger charge is 2.15. The fraction of sp³-hybridized carbons (Fsp3) is 0.647. The Kier molecular flexibility index (Phi) is 5.86. The number of methoxy groups -OCH3 is 1. The Bertz CT molecular complexity index is 400. The van der Waals surface area contributed by atoms with Crippen molar-refractivity contribution in [2.24, 2.45) is 5.92 Å². The Balaban J connectivity index is 1.76. The minimum absolute atomic E-state index is 0.329. The summed E-state index contributed by atoms with van der Waals surface area (Å²) in [4.78, 5) is 2.57. The zero-order valence-corrected chi connectivity index (χ0v) is 13.1. The highest BCUT2D eigenvalue weighted by atomic mass is 16.5. The van der Waals surface area contributed by atoms with Gasteiger partial charge < -0.3 is 15.0 Å². The smallest absolute Gasteiger partial charge is 0.123 e. The molecule has 0 aromatic heterocycles. The van der Waals surface area contributed by atoms with Gasteiger partial charge in [-0.25, -0.2) is 0 Å². The monoisotopic (exact) mass is 276 g/mol. The van der Waals surface area contributed by atoms with Crippen molar-refractivity contribution in [3.63, 3.8) is 0 Å². The van der Waals surface area contributed by atoms with Gasteiger partial charge in [0, 0.05) is 24.7 Å². The van der Waals surface area contributed by atoms with E-state index in [0.29, 0.717) is 6.04 Å². The first kappa shape index (κ1) is 15.3. The van der Waals surface area contributed by atoms with Crippen LogP contribution in [0.4, 0.5) is 0 Å². The van der Waals surface area contributed by atoms with Gasteiger partial charge in [-0.1, -0.05) is 25.1 Å². The first-order valence-electron chi connectivity index (χ1n) is 7.79. The van der Waals surface area contributed by atoms with E-state index in [9.17, 15) is 0 Å². The first-order chi connectivity index (χ1) is 9.70. The maximum Gasteiger partial charge on any atom is 0.123 e. The molecule has 0 bridgehead atoms. The molecule has 1 aromatic rings. The third-order valence-electron chi connectivity index (χ3n) is 4.36.